The van der Waals surface area contributed by atoms with E-state index < -0.39 is 0 Å². The molecule has 2 rings (SSSR count). The molecule has 0 unspecified atom stereocenters. The molecule has 1 aromatic rings. The third-order valence-electron chi connectivity index (χ3n) is 3.68. The van der Waals surface area contributed by atoms with Crippen LogP contribution in [0.4, 0.5) is 10.1 Å². The van der Waals surface area contributed by atoms with Gasteiger partial charge in [-0.2, -0.15) is 0 Å². The number of anilines is 2. The first-order chi connectivity index (χ1) is 9.20. The highest BCUT2D eigenvalue weighted by Gasteiger charge is 2.22. The third-order valence-corrected chi connectivity index (χ3v) is 4.49. The fraction of sp³-hybridized carbons (Fsp3) is 0.714. The van der Waals surface area contributed by atoms with Crippen molar-refractivity contribution in [3.63, 3.8) is 0 Å². The van der Waals surface area contributed by atoms with Crippen molar-refractivity contribution in [2.75, 3.05) is 11.1 Å². The van der Waals surface area contributed by atoms with Gasteiger partial charge in [0.2, 0.25) is 5.91 Å². The van der Waals surface area contributed by atoms with E-state index in [-0.39, 0.29) is 5.91 Å². The second-order valence-corrected chi connectivity index (χ2v) is 6.29. The number of amides is 1. The number of nitrogen functional groups attached to an aromatic ring is 1. The first-order valence-corrected chi connectivity index (χ1v) is 8.08. The second-order valence-electron chi connectivity index (χ2n) is 5.26. The maximum atomic E-state index is 11.7. The molecule has 1 fully saturated rings. The Morgan fingerprint density at radius 1 is 1.42 bits per heavy atom. The predicted molar refractivity (Wildman–Crippen MR) is 80.5 cm³/mol. The van der Waals surface area contributed by atoms with Gasteiger partial charge in [0, 0.05) is 12.3 Å². The minimum atomic E-state index is 0.0470. The Labute approximate surface area is 118 Å². The zero-order chi connectivity index (χ0) is 13.7. The third kappa shape index (κ3) is 3.93. The van der Waals surface area contributed by atoms with Crippen molar-refractivity contribution < 1.29 is 4.79 Å². The van der Waals surface area contributed by atoms with Gasteiger partial charge in [-0.15, -0.1) is 0 Å². The van der Waals surface area contributed by atoms with Gasteiger partial charge in [0.1, 0.15) is 5.00 Å². The lowest BCUT2D eigenvalue weighted by Gasteiger charge is -2.20. The maximum absolute atomic E-state index is 11.7. The Morgan fingerprint density at radius 2 is 2.16 bits per heavy atom. The molecule has 0 spiro atoms. The van der Waals surface area contributed by atoms with Crippen molar-refractivity contribution in [3.8, 4) is 0 Å². The van der Waals surface area contributed by atoms with Gasteiger partial charge in [-0.1, -0.05) is 43.9 Å². The topological polar surface area (TPSA) is 68.0 Å². The van der Waals surface area contributed by atoms with Gasteiger partial charge in [-0.3, -0.25) is 4.79 Å². The summed E-state index contributed by atoms with van der Waals surface area (Å²) >= 11 is 1.40. The first-order valence-electron chi connectivity index (χ1n) is 7.26. The normalized spacial score (nSPS) is 16.5. The van der Waals surface area contributed by atoms with Crippen molar-refractivity contribution in [2.24, 2.45) is 0 Å². The number of hydrogen-bond donors (Lipinski definition) is 2. The predicted octanol–water partition coefficient (Wildman–Crippen LogP) is 3.90. The summed E-state index contributed by atoms with van der Waals surface area (Å²) in [6, 6.07) is 0. The van der Waals surface area contributed by atoms with E-state index >= 15 is 0 Å². The van der Waals surface area contributed by atoms with Crippen LogP contribution in [0.2, 0.25) is 0 Å². The van der Waals surface area contributed by atoms with Crippen LogP contribution in [0.25, 0.3) is 0 Å². The SMILES string of the molecule is CCCCC(=O)Nc1nc(C2CCCCC2)c(N)s1. The number of rotatable bonds is 5. The van der Waals surface area contributed by atoms with Crippen LogP contribution >= 0.6 is 11.3 Å². The molecule has 1 aliphatic carbocycles. The van der Waals surface area contributed by atoms with Crippen LogP contribution in [0, 0.1) is 0 Å². The Hall–Kier alpha value is -1.10. The van der Waals surface area contributed by atoms with Crippen LogP contribution in [0.15, 0.2) is 0 Å². The van der Waals surface area contributed by atoms with Gasteiger partial charge < -0.3 is 11.1 Å². The second kappa shape index (κ2) is 6.89. The monoisotopic (exact) mass is 281 g/mol. The maximum Gasteiger partial charge on any atom is 0.226 e. The molecule has 4 nitrogen and oxygen atoms in total. The number of aromatic nitrogens is 1. The number of hydrogen-bond acceptors (Lipinski definition) is 4. The number of thiazole rings is 1. The molecule has 0 radical (unpaired) electrons. The van der Waals surface area contributed by atoms with E-state index in [2.05, 4.69) is 17.2 Å². The molecule has 5 heteroatoms. The lowest BCUT2D eigenvalue weighted by atomic mass is 9.87. The van der Waals surface area contributed by atoms with Crippen molar-refractivity contribution in [1.82, 2.24) is 4.98 Å². The molecule has 0 bridgehead atoms. The molecule has 1 amide bonds. The summed E-state index contributed by atoms with van der Waals surface area (Å²) < 4.78 is 0. The average Bonchev–Trinajstić information content (AvgIpc) is 2.78. The first kappa shape index (κ1) is 14.3. The van der Waals surface area contributed by atoms with E-state index in [4.69, 9.17) is 5.73 Å². The van der Waals surface area contributed by atoms with Gasteiger partial charge in [0.05, 0.1) is 5.69 Å². The molecule has 1 aliphatic rings. The van der Waals surface area contributed by atoms with Gasteiger partial charge >= 0.3 is 0 Å². The zero-order valence-electron chi connectivity index (χ0n) is 11.6. The van der Waals surface area contributed by atoms with E-state index in [1.54, 1.807) is 0 Å². The van der Waals surface area contributed by atoms with E-state index in [1.165, 1.54) is 43.4 Å². The van der Waals surface area contributed by atoms with Crippen LogP contribution in [-0.2, 0) is 4.79 Å². The van der Waals surface area contributed by atoms with E-state index in [0.717, 1.165) is 23.5 Å². The quantitative estimate of drug-likeness (QED) is 0.860. The Morgan fingerprint density at radius 3 is 2.84 bits per heavy atom. The van der Waals surface area contributed by atoms with Crippen molar-refractivity contribution in [1.29, 1.82) is 0 Å². The number of nitrogens with two attached hydrogens (primary N) is 1. The fourth-order valence-electron chi connectivity index (χ4n) is 2.58. The molecule has 0 saturated heterocycles. The van der Waals surface area contributed by atoms with Crippen LogP contribution < -0.4 is 11.1 Å². The molecule has 0 aliphatic heterocycles. The van der Waals surface area contributed by atoms with E-state index in [9.17, 15) is 4.79 Å². The molecule has 106 valence electrons. The minimum absolute atomic E-state index is 0.0470. The molecule has 0 aromatic carbocycles. The largest absolute Gasteiger partial charge is 0.389 e. The van der Waals surface area contributed by atoms with Crippen LogP contribution in [0.5, 0.6) is 0 Å². The summed E-state index contributed by atoms with van der Waals surface area (Å²) in [6.07, 6.45) is 8.72. The zero-order valence-corrected chi connectivity index (χ0v) is 12.4. The van der Waals surface area contributed by atoms with Gasteiger partial charge in [0.25, 0.3) is 0 Å². The fourth-order valence-corrected chi connectivity index (χ4v) is 3.42. The molecular weight excluding hydrogens is 258 g/mol. The lowest BCUT2D eigenvalue weighted by Crippen LogP contribution is -2.11. The smallest absolute Gasteiger partial charge is 0.226 e. The van der Waals surface area contributed by atoms with Crippen LogP contribution in [-0.4, -0.2) is 10.9 Å². The highest BCUT2D eigenvalue weighted by Crippen LogP contribution is 2.38. The van der Waals surface area contributed by atoms with E-state index in [1.807, 2.05) is 0 Å². The molecule has 3 N–H and O–H groups in total. The van der Waals surface area contributed by atoms with Crippen LogP contribution in [0.3, 0.4) is 0 Å². The molecule has 19 heavy (non-hydrogen) atoms. The number of carbonyl (C=O) groups is 1. The summed E-state index contributed by atoms with van der Waals surface area (Å²) in [6.45, 7) is 2.08. The molecule has 0 atom stereocenters. The minimum Gasteiger partial charge on any atom is -0.389 e. The summed E-state index contributed by atoms with van der Waals surface area (Å²) in [4.78, 5) is 16.2. The lowest BCUT2D eigenvalue weighted by molar-refractivity contribution is -0.116. The molecule has 1 heterocycles. The number of unbranched alkanes of at least 4 members (excludes halogenated alkanes) is 1. The molecule has 1 aromatic heterocycles. The van der Waals surface area contributed by atoms with Gasteiger partial charge in [-0.05, 0) is 19.3 Å². The Balaban J connectivity index is 1.97. The molecule has 1 saturated carbocycles. The number of nitrogens with one attached hydrogen (secondary N) is 1. The highest BCUT2D eigenvalue weighted by atomic mass is 32.1. The van der Waals surface area contributed by atoms with Crippen LogP contribution in [0.1, 0.15) is 69.9 Å². The van der Waals surface area contributed by atoms with Gasteiger partial charge in [0.15, 0.2) is 5.13 Å². The standard InChI is InChI=1S/C14H23N3OS/c1-2-3-9-11(18)16-14-17-12(13(15)19-14)10-7-5-4-6-8-10/h10H,2-9,15H2,1H3,(H,16,17,18). The molecular formula is C14H23N3OS. The van der Waals surface area contributed by atoms with Crippen molar-refractivity contribution in [2.45, 2.75) is 64.2 Å². The van der Waals surface area contributed by atoms with Crippen molar-refractivity contribution in [3.05, 3.63) is 5.69 Å². The number of nitrogens with zero attached hydrogens (tertiary/aromatic N) is 1. The number of carbonyl (C=O) groups excluding carboxylic acids is 1. The Bertz CT molecular complexity index is 424. The average molecular weight is 281 g/mol. The Kier molecular flexibility index (Phi) is 5.19. The van der Waals surface area contributed by atoms with Gasteiger partial charge in [-0.25, -0.2) is 4.98 Å². The summed E-state index contributed by atoms with van der Waals surface area (Å²) in [5, 5.41) is 4.31. The summed E-state index contributed by atoms with van der Waals surface area (Å²) in [5.74, 6) is 0.539. The summed E-state index contributed by atoms with van der Waals surface area (Å²) in [5.41, 5.74) is 7.06. The van der Waals surface area contributed by atoms with E-state index in [0.29, 0.717) is 17.5 Å². The summed E-state index contributed by atoms with van der Waals surface area (Å²) in [7, 11) is 0. The van der Waals surface area contributed by atoms with Crippen molar-refractivity contribution >= 4 is 27.4 Å². The highest BCUT2D eigenvalue weighted by molar-refractivity contribution is 7.19.